The topological polar surface area (TPSA) is 126 Å². The van der Waals surface area contributed by atoms with Crippen LogP contribution in [0, 0.1) is 10.1 Å². The van der Waals surface area contributed by atoms with E-state index in [1.54, 1.807) is 49.4 Å². The normalized spacial score (nSPS) is 11.3. The summed E-state index contributed by atoms with van der Waals surface area (Å²) in [4.78, 5) is 41.2. The van der Waals surface area contributed by atoms with Crippen molar-refractivity contribution in [3.8, 4) is 22.9 Å². The van der Waals surface area contributed by atoms with Crippen LogP contribution in [0.2, 0.25) is 0 Å². The number of rotatable bonds is 9. The lowest BCUT2D eigenvalue weighted by atomic mass is 10.2. The number of ether oxygens (including phenoxy) is 2. The van der Waals surface area contributed by atoms with E-state index in [9.17, 15) is 19.7 Å². The smallest absolute Gasteiger partial charge is 0.336 e. The molecule has 0 aliphatic heterocycles. The Labute approximate surface area is 253 Å². The first-order valence-electron chi connectivity index (χ1n) is 13.1. The number of halogens is 1. The van der Waals surface area contributed by atoms with Gasteiger partial charge in [0.15, 0.2) is 17.3 Å². The average Bonchev–Trinajstić information content (AvgIpc) is 3.01. The largest absolute Gasteiger partial charge is 0.490 e. The Morgan fingerprint density at radius 3 is 2.56 bits per heavy atom. The van der Waals surface area contributed by atoms with Gasteiger partial charge in [-0.3, -0.25) is 14.9 Å². The number of carbonyl (C=O) groups excluding carboxylic acids is 1. The van der Waals surface area contributed by atoms with Crippen molar-refractivity contribution in [2.75, 3.05) is 6.61 Å². The van der Waals surface area contributed by atoms with Crippen LogP contribution in [0.25, 0.3) is 28.4 Å². The van der Waals surface area contributed by atoms with E-state index in [4.69, 9.17) is 14.5 Å². The van der Waals surface area contributed by atoms with Crippen molar-refractivity contribution in [3.05, 3.63) is 133 Å². The number of esters is 1. The zero-order valence-electron chi connectivity index (χ0n) is 22.7. The molecule has 1 heterocycles. The summed E-state index contributed by atoms with van der Waals surface area (Å²) in [6.45, 7) is 2.09. The van der Waals surface area contributed by atoms with Crippen LogP contribution in [0.5, 0.6) is 11.5 Å². The summed E-state index contributed by atoms with van der Waals surface area (Å²) in [6, 6.07) is 25.2. The minimum absolute atomic E-state index is 0.0860. The van der Waals surface area contributed by atoms with Gasteiger partial charge in [0, 0.05) is 28.2 Å². The van der Waals surface area contributed by atoms with E-state index in [-0.39, 0.29) is 17.0 Å². The van der Waals surface area contributed by atoms with Crippen LogP contribution in [0.15, 0.2) is 111 Å². The number of non-ortho nitro benzene ring substituents is 1. The molecule has 0 radical (unpaired) electrons. The summed E-state index contributed by atoms with van der Waals surface area (Å²) in [5.41, 5.74) is 1.91. The van der Waals surface area contributed by atoms with Crippen molar-refractivity contribution in [1.29, 1.82) is 0 Å². The average molecular weight is 639 g/mol. The molecule has 43 heavy (non-hydrogen) atoms. The summed E-state index contributed by atoms with van der Waals surface area (Å²) in [5, 5.41) is 15.9. The molecule has 1 aromatic heterocycles. The monoisotopic (exact) mass is 638 g/mol. The van der Waals surface area contributed by atoms with Crippen molar-refractivity contribution < 1.29 is 19.2 Å². The predicted octanol–water partition coefficient (Wildman–Crippen LogP) is 6.63. The highest BCUT2D eigenvalue weighted by Gasteiger charge is 2.14. The second-order valence-corrected chi connectivity index (χ2v) is 9.98. The molecule has 0 amide bonds. The maximum absolute atomic E-state index is 13.4. The molecule has 0 bridgehead atoms. The Morgan fingerprint density at radius 2 is 1.79 bits per heavy atom. The summed E-state index contributed by atoms with van der Waals surface area (Å²) in [5.74, 6) is 0.147. The van der Waals surface area contributed by atoms with Gasteiger partial charge in [-0.25, -0.2) is 9.78 Å². The standard InChI is InChI=1S/C32H23BrN4O6/c1-2-42-29-19-22(10-16-28(29)43-30(38)17-11-21-6-5-7-25(18-21)37(40)41)20-34-36-31(23-12-14-24(33)15-13-23)35-27-9-4-3-8-26(27)32(36)39/h3-20H,2H2,1H3/b17-11+,34-20?. The molecule has 0 atom stereocenters. The number of fused-ring (bicyclic) bond motifs is 1. The molecule has 0 saturated carbocycles. The van der Waals surface area contributed by atoms with E-state index >= 15 is 0 Å². The molecule has 0 spiro atoms. The molecule has 5 aromatic rings. The zero-order valence-corrected chi connectivity index (χ0v) is 24.3. The van der Waals surface area contributed by atoms with Crippen LogP contribution in [-0.4, -0.2) is 33.4 Å². The fourth-order valence-corrected chi connectivity index (χ4v) is 4.41. The molecule has 4 aromatic carbocycles. The van der Waals surface area contributed by atoms with Crippen LogP contribution in [0.3, 0.4) is 0 Å². The van der Waals surface area contributed by atoms with E-state index in [0.717, 1.165) is 4.47 Å². The molecule has 0 aliphatic carbocycles. The Kier molecular flexibility index (Phi) is 8.82. The summed E-state index contributed by atoms with van der Waals surface area (Å²) < 4.78 is 13.3. The number of benzene rings is 4. The van der Waals surface area contributed by atoms with E-state index in [0.29, 0.717) is 45.8 Å². The fraction of sp³-hybridized carbons (Fsp3) is 0.0625. The number of nitro benzene ring substituents is 1. The van der Waals surface area contributed by atoms with Gasteiger partial charge in [0.25, 0.3) is 11.2 Å². The van der Waals surface area contributed by atoms with Crippen LogP contribution < -0.4 is 15.0 Å². The Morgan fingerprint density at radius 1 is 1.00 bits per heavy atom. The van der Waals surface area contributed by atoms with E-state index in [1.165, 1.54) is 41.2 Å². The van der Waals surface area contributed by atoms with Crippen molar-refractivity contribution in [1.82, 2.24) is 9.66 Å². The van der Waals surface area contributed by atoms with Crippen molar-refractivity contribution in [2.24, 2.45) is 5.10 Å². The minimum atomic E-state index is -0.693. The van der Waals surface area contributed by atoms with Crippen LogP contribution in [0.1, 0.15) is 18.1 Å². The van der Waals surface area contributed by atoms with E-state index < -0.39 is 10.9 Å². The lowest BCUT2D eigenvalue weighted by Gasteiger charge is -2.11. The molecule has 11 heteroatoms. The quantitative estimate of drug-likeness (QED) is 0.0442. The van der Waals surface area contributed by atoms with Gasteiger partial charge in [-0.2, -0.15) is 9.78 Å². The van der Waals surface area contributed by atoms with Gasteiger partial charge < -0.3 is 9.47 Å². The maximum atomic E-state index is 13.4. The van der Waals surface area contributed by atoms with Crippen LogP contribution in [0.4, 0.5) is 5.69 Å². The highest BCUT2D eigenvalue weighted by atomic mass is 79.9. The van der Waals surface area contributed by atoms with Gasteiger partial charge in [0.1, 0.15) is 0 Å². The second kappa shape index (κ2) is 13.0. The number of nitro groups is 1. The number of nitrogens with zero attached hydrogens (tertiary/aromatic N) is 4. The molecule has 0 aliphatic rings. The second-order valence-electron chi connectivity index (χ2n) is 9.07. The van der Waals surface area contributed by atoms with Gasteiger partial charge in [-0.1, -0.05) is 52.3 Å². The molecular formula is C32H23BrN4O6. The third kappa shape index (κ3) is 6.91. The van der Waals surface area contributed by atoms with Gasteiger partial charge in [-0.15, -0.1) is 0 Å². The summed E-state index contributed by atoms with van der Waals surface area (Å²) in [7, 11) is 0. The van der Waals surface area contributed by atoms with E-state index in [1.807, 2.05) is 30.3 Å². The van der Waals surface area contributed by atoms with Crippen LogP contribution in [-0.2, 0) is 4.79 Å². The van der Waals surface area contributed by atoms with Crippen molar-refractivity contribution >= 4 is 50.8 Å². The Bertz CT molecular complexity index is 1950. The highest BCUT2D eigenvalue weighted by molar-refractivity contribution is 9.10. The number of carbonyl (C=O) groups is 1. The zero-order chi connectivity index (χ0) is 30.3. The molecule has 214 valence electrons. The van der Waals surface area contributed by atoms with Crippen LogP contribution >= 0.6 is 15.9 Å². The Balaban J connectivity index is 1.43. The molecule has 0 unspecified atom stereocenters. The lowest BCUT2D eigenvalue weighted by Crippen LogP contribution is -2.20. The molecule has 0 fully saturated rings. The number of aromatic nitrogens is 2. The summed E-state index contributed by atoms with van der Waals surface area (Å²) >= 11 is 3.43. The molecule has 0 saturated heterocycles. The molecule has 5 rings (SSSR count). The van der Waals surface area contributed by atoms with Crippen molar-refractivity contribution in [2.45, 2.75) is 6.92 Å². The molecule has 10 nitrogen and oxygen atoms in total. The number of hydrogen-bond donors (Lipinski definition) is 0. The number of para-hydroxylation sites is 1. The first kappa shape index (κ1) is 29.1. The molecular weight excluding hydrogens is 616 g/mol. The summed E-state index contributed by atoms with van der Waals surface area (Å²) in [6.07, 6.45) is 4.10. The van der Waals surface area contributed by atoms with Gasteiger partial charge in [0.2, 0.25) is 0 Å². The SMILES string of the molecule is CCOc1cc(C=Nn2c(-c3ccc(Br)cc3)nc3ccccc3c2=O)ccc1OC(=O)/C=C/c1cccc([N+](=O)[O-])c1. The third-order valence-electron chi connectivity index (χ3n) is 6.15. The lowest BCUT2D eigenvalue weighted by molar-refractivity contribution is -0.384. The highest BCUT2D eigenvalue weighted by Crippen LogP contribution is 2.29. The third-order valence-corrected chi connectivity index (χ3v) is 6.68. The first-order chi connectivity index (χ1) is 20.8. The molecule has 0 N–H and O–H groups in total. The maximum Gasteiger partial charge on any atom is 0.336 e. The van der Waals surface area contributed by atoms with Gasteiger partial charge in [-0.05, 0) is 66.6 Å². The predicted molar refractivity (Wildman–Crippen MR) is 168 cm³/mol. The van der Waals surface area contributed by atoms with Gasteiger partial charge in [0.05, 0.1) is 28.6 Å². The minimum Gasteiger partial charge on any atom is -0.490 e. The van der Waals surface area contributed by atoms with E-state index in [2.05, 4.69) is 21.0 Å². The Hall–Kier alpha value is -5.42. The van der Waals surface area contributed by atoms with Crippen molar-refractivity contribution in [3.63, 3.8) is 0 Å². The number of hydrogen-bond acceptors (Lipinski definition) is 8. The first-order valence-corrected chi connectivity index (χ1v) is 13.8. The fourth-order valence-electron chi connectivity index (χ4n) is 4.15. The van der Waals surface area contributed by atoms with Gasteiger partial charge >= 0.3 is 5.97 Å².